The number of carbonyl (C=O) groups excluding carboxylic acids is 1. The van der Waals surface area contributed by atoms with Crippen molar-refractivity contribution < 1.29 is 52.7 Å². The minimum absolute atomic E-state index is 0.305. The molecule has 1 aromatic rings. The van der Waals surface area contributed by atoms with Crippen LogP contribution in [0.1, 0.15) is 10.4 Å². The lowest BCUT2D eigenvalue weighted by atomic mass is 10.1. The molecule has 1 N–H and O–H groups in total. The van der Waals surface area contributed by atoms with Gasteiger partial charge in [-0.3, -0.25) is 9.78 Å². The van der Waals surface area contributed by atoms with E-state index in [1.165, 1.54) is 0 Å². The van der Waals surface area contributed by atoms with Crippen molar-refractivity contribution in [3.63, 3.8) is 0 Å². The molecule has 0 aliphatic heterocycles. The number of hydrogen-bond donors (Lipinski definition) is 1. The van der Waals surface area contributed by atoms with Gasteiger partial charge in [0.2, 0.25) is 0 Å². The maximum absolute atomic E-state index is 13.3. The number of halogens is 9. The van der Waals surface area contributed by atoms with Crippen molar-refractivity contribution in [3.05, 3.63) is 30.1 Å². The molecular weight excluding hydrogens is 399 g/mol. The number of aromatic nitrogens is 1. The van der Waals surface area contributed by atoms with Gasteiger partial charge in [0.1, 0.15) is 0 Å². The molecule has 15 heteroatoms. The van der Waals surface area contributed by atoms with Crippen molar-refractivity contribution in [2.45, 2.75) is 23.3 Å². The second kappa shape index (κ2) is 6.03. The third-order valence-electron chi connectivity index (χ3n) is 2.60. The van der Waals surface area contributed by atoms with Gasteiger partial charge in [0.25, 0.3) is 5.91 Å². The Kier molecular flexibility index (Phi) is 5.06. The van der Waals surface area contributed by atoms with Gasteiger partial charge in [-0.25, -0.2) is 4.72 Å². The molecule has 0 aromatic carbocycles. The molecule has 0 unspecified atom stereocenters. The zero-order valence-corrected chi connectivity index (χ0v) is 12.1. The fraction of sp³-hybridized carbons (Fsp3) is 0.400. The van der Waals surface area contributed by atoms with Crippen LogP contribution in [0.4, 0.5) is 39.5 Å². The van der Waals surface area contributed by atoms with Crippen molar-refractivity contribution in [2.24, 2.45) is 0 Å². The SMILES string of the molecule is O=C(NS(=O)(=O)C(F)(F)C(F)(F)C(F)(F)C(F)(F)F)c1cccnc1. The average molecular weight is 404 g/mol. The average Bonchev–Trinajstić information content (AvgIpc) is 2.45. The molecule has 1 amide bonds. The minimum Gasteiger partial charge on any atom is -0.268 e. The Morgan fingerprint density at radius 2 is 1.48 bits per heavy atom. The molecule has 25 heavy (non-hydrogen) atoms. The van der Waals surface area contributed by atoms with Crippen molar-refractivity contribution in [3.8, 4) is 0 Å². The summed E-state index contributed by atoms with van der Waals surface area (Å²) < 4.78 is 137. The summed E-state index contributed by atoms with van der Waals surface area (Å²) in [4.78, 5) is 14.6. The molecule has 0 saturated carbocycles. The summed E-state index contributed by atoms with van der Waals surface area (Å²) in [6.07, 6.45) is -5.56. The van der Waals surface area contributed by atoms with E-state index in [0.717, 1.165) is 18.3 Å². The number of carbonyl (C=O) groups is 1. The molecule has 0 saturated heterocycles. The largest absolute Gasteiger partial charge is 0.460 e. The number of nitrogens with zero attached hydrogens (tertiary/aromatic N) is 1. The van der Waals surface area contributed by atoms with Crippen LogP contribution in [0.2, 0.25) is 0 Å². The fourth-order valence-electron chi connectivity index (χ4n) is 1.27. The monoisotopic (exact) mass is 404 g/mol. The molecule has 1 rings (SSSR count). The van der Waals surface area contributed by atoms with E-state index in [9.17, 15) is 52.7 Å². The molecule has 0 aliphatic rings. The highest BCUT2D eigenvalue weighted by molar-refractivity contribution is 7.91. The first-order chi connectivity index (χ1) is 11.0. The van der Waals surface area contributed by atoms with Crippen LogP contribution in [0.25, 0.3) is 0 Å². The van der Waals surface area contributed by atoms with Crippen LogP contribution in [-0.4, -0.2) is 42.6 Å². The summed E-state index contributed by atoms with van der Waals surface area (Å²) in [5.74, 6) is -16.8. The Morgan fingerprint density at radius 1 is 0.960 bits per heavy atom. The predicted octanol–water partition coefficient (Wildman–Crippen LogP) is 2.57. The van der Waals surface area contributed by atoms with Crippen molar-refractivity contribution in [2.75, 3.05) is 0 Å². The number of amides is 1. The molecule has 0 bridgehead atoms. The molecule has 1 aromatic heterocycles. The highest BCUT2D eigenvalue weighted by Crippen LogP contribution is 2.54. The van der Waals surface area contributed by atoms with E-state index in [2.05, 4.69) is 4.98 Å². The lowest BCUT2D eigenvalue weighted by Crippen LogP contribution is -2.65. The Hall–Kier alpha value is -2.06. The van der Waals surface area contributed by atoms with E-state index in [-0.39, 0.29) is 0 Å². The summed E-state index contributed by atoms with van der Waals surface area (Å²) in [6.45, 7) is 0. The zero-order chi connectivity index (χ0) is 19.9. The van der Waals surface area contributed by atoms with Gasteiger partial charge in [0, 0.05) is 12.4 Å². The maximum Gasteiger partial charge on any atom is 0.460 e. The highest BCUT2D eigenvalue weighted by Gasteiger charge is 2.85. The van der Waals surface area contributed by atoms with E-state index in [1.807, 2.05) is 0 Å². The molecular formula is C10H5F9N2O3S. The Bertz CT molecular complexity index is 747. The van der Waals surface area contributed by atoms with E-state index >= 15 is 0 Å². The quantitative estimate of drug-likeness (QED) is 0.766. The van der Waals surface area contributed by atoms with Crippen LogP contribution in [0.3, 0.4) is 0 Å². The van der Waals surface area contributed by atoms with Gasteiger partial charge in [0.05, 0.1) is 5.56 Å². The first-order valence-corrected chi connectivity index (χ1v) is 7.14. The first kappa shape index (κ1) is 21.0. The number of rotatable bonds is 5. The van der Waals surface area contributed by atoms with Crippen molar-refractivity contribution in [1.29, 1.82) is 0 Å². The van der Waals surface area contributed by atoms with Gasteiger partial charge in [-0.1, -0.05) is 0 Å². The lowest BCUT2D eigenvalue weighted by molar-refractivity contribution is -0.382. The summed E-state index contributed by atoms with van der Waals surface area (Å²) in [5.41, 5.74) is -0.771. The minimum atomic E-state index is -7.42. The first-order valence-electron chi connectivity index (χ1n) is 5.66. The molecule has 0 fully saturated rings. The molecule has 5 nitrogen and oxygen atoms in total. The second-order valence-corrected chi connectivity index (χ2v) is 6.06. The second-order valence-electron chi connectivity index (χ2n) is 4.34. The molecule has 0 aliphatic carbocycles. The Balaban J connectivity index is 3.29. The van der Waals surface area contributed by atoms with Gasteiger partial charge >= 0.3 is 33.3 Å². The maximum atomic E-state index is 13.3. The molecule has 0 radical (unpaired) electrons. The molecule has 0 spiro atoms. The van der Waals surface area contributed by atoms with Crippen LogP contribution in [0.15, 0.2) is 24.5 Å². The van der Waals surface area contributed by atoms with Gasteiger partial charge in [0.15, 0.2) is 0 Å². The summed E-state index contributed by atoms with van der Waals surface area (Å²) >= 11 is 0. The van der Waals surface area contributed by atoms with Crippen molar-refractivity contribution in [1.82, 2.24) is 9.71 Å². The van der Waals surface area contributed by atoms with Crippen LogP contribution >= 0.6 is 0 Å². The van der Waals surface area contributed by atoms with Gasteiger partial charge in [-0.2, -0.15) is 47.9 Å². The van der Waals surface area contributed by atoms with Crippen LogP contribution in [0, 0.1) is 0 Å². The third kappa shape index (κ3) is 3.36. The van der Waals surface area contributed by atoms with E-state index in [1.54, 1.807) is 0 Å². The number of alkyl halides is 9. The van der Waals surface area contributed by atoms with Crippen LogP contribution < -0.4 is 4.72 Å². The topological polar surface area (TPSA) is 76.1 Å². The van der Waals surface area contributed by atoms with Crippen LogP contribution in [-0.2, 0) is 10.0 Å². The molecule has 1 heterocycles. The summed E-state index contributed by atoms with van der Waals surface area (Å²) in [5, 5.41) is -6.99. The molecule has 142 valence electrons. The number of hydrogen-bond acceptors (Lipinski definition) is 4. The molecule has 0 atom stereocenters. The van der Waals surface area contributed by atoms with Crippen molar-refractivity contribution >= 4 is 15.9 Å². The fourth-order valence-corrected chi connectivity index (χ4v) is 2.23. The predicted molar refractivity (Wildman–Crippen MR) is 61.5 cm³/mol. The lowest BCUT2D eigenvalue weighted by Gasteiger charge is -2.32. The van der Waals surface area contributed by atoms with Gasteiger partial charge < -0.3 is 0 Å². The summed E-state index contributed by atoms with van der Waals surface area (Å²) in [6, 6.07) is 1.77. The Labute approximate surface area is 132 Å². The Morgan fingerprint density at radius 3 is 1.88 bits per heavy atom. The van der Waals surface area contributed by atoms with E-state index in [0.29, 0.717) is 10.9 Å². The number of pyridine rings is 1. The number of sulfonamides is 1. The van der Waals surface area contributed by atoms with E-state index < -0.39 is 44.8 Å². The van der Waals surface area contributed by atoms with Gasteiger partial charge in [-0.15, -0.1) is 0 Å². The standard InChI is InChI=1S/C10H5F9N2O3S/c11-7(12,9(15,16)17)8(13,14)10(18,19)25(23,24)21-6(22)5-2-1-3-20-4-5/h1-4H,(H,21,22). The highest BCUT2D eigenvalue weighted by atomic mass is 32.2. The van der Waals surface area contributed by atoms with Gasteiger partial charge in [-0.05, 0) is 12.1 Å². The third-order valence-corrected chi connectivity index (χ3v) is 3.99. The van der Waals surface area contributed by atoms with E-state index in [4.69, 9.17) is 0 Å². The number of nitrogens with one attached hydrogen (secondary N) is 1. The summed E-state index contributed by atoms with van der Waals surface area (Å²) in [7, 11) is -7.00. The smallest absolute Gasteiger partial charge is 0.268 e. The normalized spacial score (nSPS) is 14.3. The van der Waals surface area contributed by atoms with Crippen LogP contribution in [0.5, 0.6) is 0 Å². The zero-order valence-electron chi connectivity index (χ0n) is 11.3.